The van der Waals surface area contributed by atoms with Crippen molar-refractivity contribution in [2.75, 3.05) is 33.4 Å². The molecule has 1 aliphatic rings. The van der Waals surface area contributed by atoms with Gasteiger partial charge >= 0.3 is 0 Å². The van der Waals surface area contributed by atoms with Gasteiger partial charge in [-0.3, -0.25) is 4.79 Å². The number of ether oxygens (including phenoxy) is 2. The molecule has 1 amide bonds. The van der Waals surface area contributed by atoms with Crippen molar-refractivity contribution in [2.45, 2.75) is 6.04 Å². The molecule has 0 bridgehead atoms. The van der Waals surface area contributed by atoms with Crippen LogP contribution >= 0.6 is 24.0 Å². The zero-order valence-electron chi connectivity index (χ0n) is 14.5. The van der Waals surface area contributed by atoms with Gasteiger partial charge in [0.15, 0.2) is 6.61 Å². The molecule has 1 saturated heterocycles. The summed E-state index contributed by atoms with van der Waals surface area (Å²) < 4.78 is 10.7. The molecule has 1 unspecified atom stereocenters. The molecule has 1 fully saturated rings. The van der Waals surface area contributed by atoms with E-state index >= 15 is 0 Å². The quantitative estimate of drug-likeness (QED) is 0.841. The fourth-order valence-electron chi connectivity index (χ4n) is 2.91. The fourth-order valence-corrected chi connectivity index (χ4v) is 3.11. The van der Waals surface area contributed by atoms with Gasteiger partial charge < -0.3 is 19.7 Å². The molecule has 26 heavy (non-hydrogen) atoms. The van der Waals surface area contributed by atoms with E-state index in [9.17, 15) is 4.79 Å². The van der Waals surface area contributed by atoms with E-state index < -0.39 is 0 Å². The Labute approximate surface area is 164 Å². The largest absolute Gasteiger partial charge is 0.497 e. The Morgan fingerprint density at radius 3 is 2.65 bits per heavy atom. The number of hydrogen-bond donors (Lipinski definition) is 1. The molecule has 0 aromatic heterocycles. The van der Waals surface area contributed by atoms with Crippen LogP contribution in [0.1, 0.15) is 11.6 Å². The van der Waals surface area contributed by atoms with E-state index in [4.69, 9.17) is 21.1 Å². The van der Waals surface area contributed by atoms with Crippen molar-refractivity contribution in [1.29, 1.82) is 0 Å². The summed E-state index contributed by atoms with van der Waals surface area (Å²) in [6.45, 7) is 2.12. The van der Waals surface area contributed by atoms with Gasteiger partial charge in [0, 0.05) is 24.7 Å². The first kappa shape index (κ1) is 20.4. The molecule has 1 atom stereocenters. The number of halogens is 2. The van der Waals surface area contributed by atoms with E-state index in [-0.39, 0.29) is 31.0 Å². The smallest absolute Gasteiger partial charge is 0.261 e. The Hall–Kier alpha value is -1.95. The van der Waals surface area contributed by atoms with Crippen molar-refractivity contribution in [1.82, 2.24) is 10.2 Å². The van der Waals surface area contributed by atoms with Crippen LogP contribution in [0.2, 0.25) is 5.02 Å². The van der Waals surface area contributed by atoms with Crippen molar-refractivity contribution < 1.29 is 14.3 Å². The predicted molar refractivity (Wildman–Crippen MR) is 105 cm³/mol. The van der Waals surface area contributed by atoms with Crippen LogP contribution < -0.4 is 14.8 Å². The second-order valence-electron chi connectivity index (χ2n) is 5.83. The van der Waals surface area contributed by atoms with Gasteiger partial charge in [-0.2, -0.15) is 0 Å². The number of amides is 1. The third-order valence-corrected chi connectivity index (χ3v) is 4.45. The van der Waals surface area contributed by atoms with E-state index in [0.29, 0.717) is 23.9 Å². The van der Waals surface area contributed by atoms with Crippen LogP contribution in [0, 0.1) is 0 Å². The summed E-state index contributed by atoms with van der Waals surface area (Å²) >= 11 is 6.10. The second-order valence-corrected chi connectivity index (χ2v) is 6.26. The van der Waals surface area contributed by atoms with E-state index in [1.165, 1.54) is 0 Å². The van der Waals surface area contributed by atoms with Crippen molar-refractivity contribution in [3.05, 3.63) is 59.1 Å². The number of rotatable bonds is 5. The van der Waals surface area contributed by atoms with Gasteiger partial charge in [0.25, 0.3) is 5.91 Å². The minimum absolute atomic E-state index is 0. The van der Waals surface area contributed by atoms with Crippen LogP contribution in [-0.4, -0.2) is 44.2 Å². The highest BCUT2D eigenvalue weighted by Gasteiger charge is 2.28. The number of carbonyl (C=O) groups is 1. The minimum Gasteiger partial charge on any atom is -0.497 e. The summed E-state index contributed by atoms with van der Waals surface area (Å²) in [5.41, 5.74) is 1.03. The highest BCUT2D eigenvalue weighted by atomic mass is 35.5. The maximum atomic E-state index is 12.7. The van der Waals surface area contributed by atoms with Gasteiger partial charge in [-0.15, -0.1) is 12.4 Å². The van der Waals surface area contributed by atoms with E-state index in [1.54, 1.807) is 31.4 Å². The van der Waals surface area contributed by atoms with Crippen molar-refractivity contribution >= 4 is 29.9 Å². The summed E-state index contributed by atoms with van der Waals surface area (Å²) in [5.74, 6) is 1.35. The number of nitrogens with zero attached hydrogens (tertiary/aromatic N) is 1. The summed E-state index contributed by atoms with van der Waals surface area (Å²) in [7, 11) is 1.61. The molecule has 2 aromatic carbocycles. The first-order chi connectivity index (χ1) is 12.2. The predicted octanol–water partition coefficient (Wildman–Crippen LogP) is 3.32. The molecule has 0 saturated carbocycles. The Balaban J connectivity index is 0.00000243. The fraction of sp³-hybridized carbons (Fsp3) is 0.316. The Kier molecular flexibility index (Phi) is 7.57. The number of methoxy groups -OCH3 is 1. The standard InChI is InChI=1S/C19H21ClN2O3.ClH/c1-24-16-5-7-17(8-6-16)25-13-19(23)22-10-9-21-12-18(22)14-3-2-4-15(20)11-14;/h2-8,11,18,21H,9-10,12-13H2,1H3;1H. The zero-order chi connectivity index (χ0) is 17.6. The maximum Gasteiger partial charge on any atom is 0.261 e. The molecule has 7 heteroatoms. The zero-order valence-corrected chi connectivity index (χ0v) is 16.1. The minimum atomic E-state index is -0.0422. The number of nitrogens with one attached hydrogen (secondary N) is 1. The van der Waals surface area contributed by atoms with Gasteiger partial charge in [0.2, 0.25) is 0 Å². The normalized spacial score (nSPS) is 16.5. The average molecular weight is 397 g/mol. The molecule has 3 rings (SSSR count). The molecule has 1 N–H and O–H groups in total. The monoisotopic (exact) mass is 396 g/mol. The van der Waals surface area contributed by atoms with E-state index in [0.717, 1.165) is 17.9 Å². The average Bonchev–Trinajstić information content (AvgIpc) is 2.66. The lowest BCUT2D eigenvalue weighted by Crippen LogP contribution is -2.50. The van der Waals surface area contributed by atoms with Crippen LogP contribution in [0.4, 0.5) is 0 Å². The van der Waals surface area contributed by atoms with Crippen LogP contribution in [0.3, 0.4) is 0 Å². The van der Waals surface area contributed by atoms with E-state index in [1.807, 2.05) is 29.2 Å². The molecule has 0 radical (unpaired) electrons. The molecular weight excluding hydrogens is 375 g/mol. The van der Waals surface area contributed by atoms with Gasteiger partial charge in [-0.1, -0.05) is 23.7 Å². The maximum absolute atomic E-state index is 12.7. The number of carbonyl (C=O) groups excluding carboxylic acids is 1. The van der Waals surface area contributed by atoms with Crippen molar-refractivity contribution in [3.8, 4) is 11.5 Å². The SMILES string of the molecule is COc1ccc(OCC(=O)N2CCNCC2c2cccc(Cl)c2)cc1.Cl. The first-order valence-corrected chi connectivity index (χ1v) is 8.57. The van der Waals surface area contributed by atoms with Crippen LogP contribution in [-0.2, 0) is 4.79 Å². The molecule has 1 aliphatic heterocycles. The highest BCUT2D eigenvalue weighted by molar-refractivity contribution is 6.30. The molecule has 1 heterocycles. The van der Waals surface area contributed by atoms with Crippen LogP contribution in [0.15, 0.2) is 48.5 Å². The van der Waals surface area contributed by atoms with E-state index in [2.05, 4.69) is 5.32 Å². The van der Waals surface area contributed by atoms with Gasteiger partial charge in [-0.05, 0) is 42.0 Å². The summed E-state index contributed by atoms with van der Waals surface area (Å²) in [6.07, 6.45) is 0. The number of hydrogen-bond acceptors (Lipinski definition) is 4. The summed E-state index contributed by atoms with van der Waals surface area (Å²) in [5, 5.41) is 4.00. The second kappa shape index (κ2) is 9.67. The topological polar surface area (TPSA) is 50.8 Å². The summed E-state index contributed by atoms with van der Waals surface area (Å²) in [6, 6.07) is 14.8. The lowest BCUT2D eigenvalue weighted by molar-refractivity contribution is -0.136. The van der Waals surface area contributed by atoms with Gasteiger partial charge in [0.05, 0.1) is 13.2 Å². The highest BCUT2D eigenvalue weighted by Crippen LogP contribution is 2.25. The molecular formula is C19H22Cl2N2O3. The molecule has 5 nitrogen and oxygen atoms in total. The number of benzene rings is 2. The Morgan fingerprint density at radius 1 is 1.23 bits per heavy atom. The molecule has 0 spiro atoms. The lowest BCUT2D eigenvalue weighted by Gasteiger charge is -2.36. The molecule has 140 valence electrons. The summed E-state index contributed by atoms with van der Waals surface area (Å²) in [4.78, 5) is 14.5. The Bertz CT molecular complexity index is 725. The molecule has 0 aliphatic carbocycles. The molecule has 2 aromatic rings. The third kappa shape index (κ3) is 5.04. The van der Waals surface area contributed by atoms with Crippen LogP contribution in [0.5, 0.6) is 11.5 Å². The van der Waals surface area contributed by atoms with Crippen LogP contribution in [0.25, 0.3) is 0 Å². The Morgan fingerprint density at radius 2 is 1.96 bits per heavy atom. The van der Waals surface area contributed by atoms with Gasteiger partial charge in [0.1, 0.15) is 11.5 Å². The van der Waals surface area contributed by atoms with Gasteiger partial charge in [-0.25, -0.2) is 0 Å². The van der Waals surface area contributed by atoms with Crippen molar-refractivity contribution in [3.63, 3.8) is 0 Å². The number of piperazine rings is 1. The third-order valence-electron chi connectivity index (χ3n) is 4.22. The first-order valence-electron chi connectivity index (χ1n) is 8.20. The van der Waals surface area contributed by atoms with Crippen molar-refractivity contribution in [2.24, 2.45) is 0 Å². The lowest BCUT2D eigenvalue weighted by atomic mass is 10.0.